The molecule has 0 aromatic heterocycles. The van der Waals surface area contributed by atoms with Crippen molar-refractivity contribution in [3.05, 3.63) is 36.5 Å². The molecule has 0 aliphatic heterocycles. The van der Waals surface area contributed by atoms with E-state index in [1.54, 1.807) is 6.08 Å². The summed E-state index contributed by atoms with van der Waals surface area (Å²) in [6.07, 6.45) is 21.8. The van der Waals surface area contributed by atoms with Crippen molar-refractivity contribution in [1.29, 1.82) is 0 Å². The van der Waals surface area contributed by atoms with E-state index in [4.69, 9.17) is 14.5 Å². The van der Waals surface area contributed by atoms with Crippen molar-refractivity contribution in [2.45, 2.75) is 77.2 Å². The second-order valence-corrected chi connectivity index (χ2v) is 8.10. The molecule has 0 heterocycles. The van der Waals surface area contributed by atoms with Gasteiger partial charge in [-0.2, -0.15) is 0 Å². The van der Waals surface area contributed by atoms with Crippen LogP contribution < -0.4 is 0 Å². The molecule has 0 fully saturated rings. The van der Waals surface area contributed by atoms with Gasteiger partial charge in [0, 0.05) is 6.08 Å². The fourth-order valence-electron chi connectivity index (χ4n) is 2.47. The lowest BCUT2D eigenvalue weighted by Gasteiger charge is -2.11. The third kappa shape index (κ3) is 22.9. The van der Waals surface area contributed by atoms with Crippen LogP contribution in [0.4, 0.5) is 0 Å². The number of aliphatic hydroxyl groups is 1. The highest BCUT2D eigenvalue weighted by molar-refractivity contribution is 7.46. The van der Waals surface area contributed by atoms with Crippen LogP contribution in [0.25, 0.3) is 0 Å². The highest BCUT2D eigenvalue weighted by atomic mass is 31.2. The highest BCUT2D eigenvalue weighted by Crippen LogP contribution is 2.35. The van der Waals surface area contributed by atoms with E-state index in [0.717, 1.165) is 6.42 Å². The Bertz CT molecular complexity index is 537. The smallest absolute Gasteiger partial charge is 0.460 e. The van der Waals surface area contributed by atoms with Gasteiger partial charge in [-0.05, 0) is 12.8 Å². The van der Waals surface area contributed by atoms with Gasteiger partial charge in [0.15, 0.2) is 0 Å². The van der Waals surface area contributed by atoms with Crippen LogP contribution in [0.2, 0.25) is 0 Å². The minimum absolute atomic E-state index is 0.411. The topological polar surface area (TPSA) is 113 Å². The molecule has 0 amide bonds. The van der Waals surface area contributed by atoms with E-state index in [1.807, 2.05) is 12.2 Å². The van der Waals surface area contributed by atoms with Gasteiger partial charge in [0.1, 0.15) is 12.7 Å². The molecule has 0 aromatic carbocycles. The fraction of sp³-hybridized carbons (Fsp3) is 0.667. The summed E-state index contributed by atoms with van der Waals surface area (Å²) < 4.78 is 19.3. The van der Waals surface area contributed by atoms with Gasteiger partial charge < -0.3 is 19.6 Å². The Morgan fingerprint density at radius 3 is 2.10 bits per heavy atom. The van der Waals surface area contributed by atoms with Crippen molar-refractivity contribution in [2.24, 2.45) is 0 Å². The third-order valence-corrected chi connectivity index (χ3v) is 4.51. The molecule has 3 N–H and O–H groups in total. The fourth-order valence-corrected chi connectivity index (χ4v) is 2.83. The van der Waals surface area contributed by atoms with Gasteiger partial charge >= 0.3 is 13.8 Å². The summed E-state index contributed by atoms with van der Waals surface area (Å²) in [5.41, 5.74) is 0. The summed E-state index contributed by atoms with van der Waals surface area (Å²) >= 11 is 0. The predicted octanol–water partition coefficient (Wildman–Crippen LogP) is 4.59. The van der Waals surface area contributed by atoms with Gasteiger partial charge in [-0.1, -0.05) is 88.7 Å². The summed E-state index contributed by atoms with van der Waals surface area (Å²) in [7, 11) is -4.64. The SMILES string of the molecule is CCCCCCCCCCC/C=C/C=C/C=C/C(=O)OCC(O)COP(=O)(O)O. The average molecular weight is 432 g/mol. The number of phosphoric ester groups is 1. The molecule has 0 radical (unpaired) electrons. The average Bonchev–Trinajstić information content (AvgIpc) is 2.67. The van der Waals surface area contributed by atoms with Crippen LogP contribution in [0.15, 0.2) is 36.5 Å². The molecule has 0 saturated heterocycles. The largest absolute Gasteiger partial charge is 0.469 e. The standard InChI is InChI=1S/C21H37O7P/c1-2-3-4-5-6-7-8-9-10-11-12-13-14-15-16-17-21(23)27-18-20(22)19-28-29(24,25)26/h12-17,20,22H,2-11,18-19H2,1H3,(H2,24,25,26)/b13-12+,15-14+,17-16+. The van der Waals surface area contributed by atoms with Gasteiger partial charge in [-0.3, -0.25) is 4.52 Å². The van der Waals surface area contributed by atoms with Crippen molar-refractivity contribution in [3.8, 4) is 0 Å². The Balaban J connectivity index is 3.63. The van der Waals surface area contributed by atoms with E-state index >= 15 is 0 Å². The van der Waals surface area contributed by atoms with E-state index in [9.17, 15) is 14.5 Å². The van der Waals surface area contributed by atoms with Crippen molar-refractivity contribution in [3.63, 3.8) is 0 Å². The van der Waals surface area contributed by atoms with Crippen LogP contribution in [-0.2, 0) is 18.6 Å². The number of aliphatic hydroxyl groups excluding tert-OH is 1. The molecular weight excluding hydrogens is 395 g/mol. The summed E-state index contributed by atoms with van der Waals surface area (Å²) in [5, 5.41) is 9.37. The van der Waals surface area contributed by atoms with Gasteiger partial charge in [0.2, 0.25) is 0 Å². The summed E-state index contributed by atoms with van der Waals surface area (Å²) in [5.74, 6) is -0.663. The zero-order chi connectivity index (χ0) is 21.8. The zero-order valence-corrected chi connectivity index (χ0v) is 18.3. The maximum absolute atomic E-state index is 11.4. The molecule has 0 rings (SSSR count). The molecule has 168 valence electrons. The van der Waals surface area contributed by atoms with Crippen LogP contribution in [-0.4, -0.2) is 40.2 Å². The van der Waals surface area contributed by atoms with Crippen molar-refractivity contribution >= 4 is 13.8 Å². The molecule has 0 spiro atoms. The molecule has 1 unspecified atom stereocenters. The molecule has 7 nitrogen and oxygen atoms in total. The molecule has 0 aliphatic carbocycles. The van der Waals surface area contributed by atoms with Crippen molar-refractivity contribution in [1.82, 2.24) is 0 Å². The number of hydrogen-bond acceptors (Lipinski definition) is 5. The lowest BCUT2D eigenvalue weighted by Crippen LogP contribution is -2.22. The Hall–Kier alpha value is -1.24. The minimum atomic E-state index is -4.64. The molecule has 1 atom stereocenters. The molecule has 29 heavy (non-hydrogen) atoms. The first-order valence-electron chi connectivity index (χ1n) is 10.4. The van der Waals surface area contributed by atoms with Gasteiger partial charge in [0.05, 0.1) is 6.61 Å². The maximum atomic E-state index is 11.4. The number of esters is 1. The van der Waals surface area contributed by atoms with E-state index in [2.05, 4.69) is 17.5 Å². The first-order chi connectivity index (χ1) is 13.8. The molecule has 0 aromatic rings. The lowest BCUT2D eigenvalue weighted by atomic mass is 10.1. The van der Waals surface area contributed by atoms with Crippen LogP contribution in [0.5, 0.6) is 0 Å². The third-order valence-electron chi connectivity index (χ3n) is 4.03. The van der Waals surface area contributed by atoms with Crippen molar-refractivity contribution < 1.29 is 33.5 Å². The maximum Gasteiger partial charge on any atom is 0.469 e. The Labute approximate surface area is 174 Å². The van der Waals surface area contributed by atoms with Gasteiger partial charge in [-0.25, -0.2) is 9.36 Å². The molecule has 0 bridgehead atoms. The van der Waals surface area contributed by atoms with E-state index in [-0.39, 0.29) is 0 Å². The number of unbranched alkanes of at least 4 members (excludes halogenated alkanes) is 9. The first-order valence-corrected chi connectivity index (χ1v) is 11.9. The van der Waals surface area contributed by atoms with Gasteiger partial charge in [0.25, 0.3) is 0 Å². The number of carbonyl (C=O) groups is 1. The Morgan fingerprint density at radius 2 is 1.48 bits per heavy atom. The van der Waals surface area contributed by atoms with E-state index < -0.39 is 33.1 Å². The zero-order valence-electron chi connectivity index (χ0n) is 17.4. The van der Waals surface area contributed by atoms with Crippen LogP contribution in [0, 0.1) is 0 Å². The predicted molar refractivity (Wildman–Crippen MR) is 114 cm³/mol. The number of carbonyl (C=O) groups excluding carboxylic acids is 1. The second-order valence-electron chi connectivity index (χ2n) is 6.86. The summed E-state index contributed by atoms with van der Waals surface area (Å²) in [6.45, 7) is 1.20. The second kappa shape index (κ2) is 18.8. The van der Waals surface area contributed by atoms with E-state index in [1.165, 1.54) is 69.9 Å². The quantitative estimate of drug-likeness (QED) is 0.0954. The van der Waals surface area contributed by atoms with Crippen molar-refractivity contribution in [2.75, 3.05) is 13.2 Å². The summed E-state index contributed by atoms with van der Waals surface area (Å²) in [4.78, 5) is 28.4. The van der Waals surface area contributed by atoms with E-state index in [0.29, 0.717) is 0 Å². The molecule has 0 saturated carbocycles. The monoisotopic (exact) mass is 432 g/mol. The number of rotatable bonds is 18. The molecule has 8 heteroatoms. The minimum Gasteiger partial charge on any atom is -0.460 e. The summed E-state index contributed by atoms with van der Waals surface area (Å²) in [6, 6.07) is 0. The lowest BCUT2D eigenvalue weighted by molar-refractivity contribution is -0.141. The molecule has 0 aliphatic rings. The Kier molecular flexibility index (Phi) is 18.0. The number of allylic oxidation sites excluding steroid dienone is 5. The molecular formula is C21H37O7P. The number of ether oxygens (including phenoxy) is 1. The number of hydrogen-bond donors (Lipinski definition) is 3. The number of phosphoric acid groups is 1. The highest BCUT2D eigenvalue weighted by Gasteiger charge is 2.17. The normalized spacial score (nSPS) is 13.7. The van der Waals surface area contributed by atoms with Crippen LogP contribution in [0.3, 0.4) is 0 Å². The van der Waals surface area contributed by atoms with Crippen LogP contribution in [0.1, 0.15) is 71.1 Å². The van der Waals surface area contributed by atoms with Crippen LogP contribution >= 0.6 is 7.82 Å². The van der Waals surface area contributed by atoms with Gasteiger partial charge in [-0.15, -0.1) is 0 Å². The Morgan fingerprint density at radius 1 is 0.897 bits per heavy atom. The first kappa shape index (κ1) is 27.8.